The van der Waals surface area contributed by atoms with Crippen LogP contribution in [0, 0.1) is 5.41 Å². The highest BCUT2D eigenvalue weighted by molar-refractivity contribution is 8.01. The van der Waals surface area contributed by atoms with Crippen LogP contribution in [0.1, 0.15) is 47.0 Å². The van der Waals surface area contributed by atoms with E-state index in [9.17, 15) is 4.79 Å². The monoisotopic (exact) mass is 245 g/mol. The Morgan fingerprint density at radius 3 is 2.56 bits per heavy atom. The number of hydrogen-bond acceptors (Lipinski definition) is 3. The van der Waals surface area contributed by atoms with Gasteiger partial charge in [0.1, 0.15) is 6.04 Å². The minimum atomic E-state index is -0.727. The summed E-state index contributed by atoms with van der Waals surface area (Å²) >= 11 is 1.78. The van der Waals surface area contributed by atoms with Gasteiger partial charge in [-0.05, 0) is 11.8 Å². The van der Waals surface area contributed by atoms with E-state index in [2.05, 4.69) is 33.0 Å². The van der Waals surface area contributed by atoms with Crippen LogP contribution in [0.15, 0.2) is 0 Å². The van der Waals surface area contributed by atoms with Gasteiger partial charge in [-0.1, -0.05) is 40.5 Å². The molecule has 0 aromatic heterocycles. The lowest BCUT2D eigenvalue weighted by atomic mass is 9.82. The van der Waals surface area contributed by atoms with Crippen molar-refractivity contribution in [2.24, 2.45) is 5.41 Å². The molecule has 94 valence electrons. The third kappa shape index (κ3) is 2.72. The Morgan fingerprint density at radius 2 is 2.19 bits per heavy atom. The highest BCUT2D eigenvalue weighted by Crippen LogP contribution is 2.47. The predicted molar refractivity (Wildman–Crippen MR) is 68.7 cm³/mol. The van der Waals surface area contributed by atoms with Crippen molar-refractivity contribution in [2.75, 3.05) is 5.75 Å². The molecule has 1 aliphatic rings. The molecule has 1 heterocycles. The molecule has 4 heteroatoms. The second kappa shape index (κ2) is 4.96. The third-order valence-electron chi connectivity index (χ3n) is 3.30. The van der Waals surface area contributed by atoms with E-state index >= 15 is 0 Å². The number of carboxylic acids is 1. The molecule has 0 aliphatic carbocycles. The molecule has 0 aromatic carbocycles. The number of thioether (sulfide) groups is 1. The molecule has 16 heavy (non-hydrogen) atoms. The largest absolute Gasteiger partial charge is 0.480 e. The van der Waals surface area contributed by atoms with E-state index in [0.717, 1.165) is 19.3 Å². The Balaban J connectivity index is 2.79. The van der Waals surface area contributed by atoms with E-state index in [1.54, 1.807) is 11.8 Å². The number of aliphatic carboxylic acids is 1. The summed E-state index contributed by atoms with van der Waals surface area (Å²) in [7, 11) is 0. The van der Waals surface area contributed by atoms with E-state index in [0.29, 0.717) is 5.75 Å². The molecular weight excluding hydrogens is 222 g/mol. The summed E-state index contributed by atoms with van der Waals surface area (Å²) in [5.41, 5.74) is 0.0804. The first kappa shape index (κ1) is 13.8. The van der Waals surface area contributed by atoms with Crippen LogP contribution in [-0.2, 0) is 4.79 Å². The van der Waals surface area contributed by atoms with Gasteiger partial charge in [-0.2, -0.15) is 0 Å². The van der Waals surface area contributed by atoms with Crippen LogP contribution in [0.4, 0.5) is 0 Å². The van der Waals surface area contributed by atoms with E-state index < -0.39 is 5.97 Å². The van der Waals surface area contributed by atoms with Gasteiger partial charge < -0.3 is 5.11 Å². The van der Waals surface area contributed by atoms with Crippen LogP contribution in [0.2, 0.25) is 0 Å². The Kier molecular flexibility index (Phi) is 4.29. The molecule has 2 atom stereocenters. The number of rotatable bonds is 4. The van der Waals surface area contributed by atoms with Gasteiger partial charge >= 0.3 is 5.97 Å². The maximum Gasteiger partial charge on any atom is 0.321 e. The fourth-order valence-corrected chi connectivity index (χ4v) is 3.73. The summed E-state index contributed by atoms with van der Waals surface area (Å²) in [4.78, 5) is 10.9. The average molecular weight is 245 g/mol. The zero-order chi connectivity index (χ0) is 12.4. The zero-order valence-electron chi connectivity index (χ0n) is 10.7. The minimum absolute atomic E-state index is 0.0773. The smallest absolute Gasteiger partial charge is 0.321 e. The summed E-state index contributed by atoms with van der Waals surface area (Å²) in [6.07, 6.45) is 3.34. The maximum atomic E-state index is 11.0. The minimum Gasteiger partial charge on any atom is -0.480 e. The molecule has 0 amide bonds. The predicted octanol–water partition coefficient (Wildman–Crippen LogP) is 2.71. The number of hydrogen-bond donors (Lipinski definition) is 2. The van der Waals surface area contributed by atoms with Crippen LogP contribution < -0.4 is 5.32 Å². The Morgan fingerprint density at radius 1 is 1.56 bits per heavy atom. The van der Waals surface area contributed by atoms with Gasteiger partial charge in [0.25, 0.3) is 0 Å². The van der Waals surface area contributed by atoms with E-state index in [1.807, 2.05) is 0 Å². The lowest BCUT2D eigenvalue weighted by Gasteiger charge is -2.41. The standard InChI is InChI=1S/C12H23NO2S/c1-5-6-7-12(11(2,3)4)13-9(8-16-12)10(14)15/h9,13H,5-8H2,1-4H3,(H,14,15)/t9-,12?/m0/s1. The molecule has 1 fully saturated rings. The van der Waals surface area contributed by atoms with Crippen molar-refractivity contribution in [1.82, 2.24) is 5.32 Å². The van der Waals surface area contributed by atoms with Gasteiger partial charge in [-0.3, -0.25) is 10.1 Å². The quantitative estimate of drug-likeness (QED) is 0.799. The van der Waals surface area contributed by atoms with E-state index in [-0.39, 0.29) is 16.3 Å². The van der Waals surface area contributed by atoms with E-state index in [1.165, 1.54) is 0 Å². The maximum absolute atomic E-state index is 11.0. The van der Waals surface area contributed by atoms with Crippen LogP contribution in [0.3, 0.4) is 0 Å². The molecule has 3 nitrogen and oxygen atoms in total. The van der Waals surface area contributed by atoms with Gasteiger partial charge in [0.2, 0.25) is 0 Å². The van der Waals surface area contributed by atoms with Gasteiger partial charge in [-0.15, -0.1) is 11.8 Å². The molecule has 1 rings (SSSR count). The van der Waals surface area contributed by atoms with Crippen molar-refractivity contribution in [3.05, 3.63) is 0 Å². The zero-order valence-corrected chi connectivity index (χ0v) is 11.5. The summed E-state index contributed by atoms with van der Waals surface area (Å²) in [6, 6.07) is -0.388. The molecule has 0 spiro atoms. The second-order valence-corrected chi connectivity index (χ2v) is 6.85. The van der Waals surface area contributed by atoms with Crippen LogP contribution in [0.25, 0.3) is 0 Å². The van der Waals surface area contributed by atoms with E-state index in [4.69, 9.17) is 5.11 Å². The lowest BCUT2D eigenvalue weighted by molar-refractivity contribution is -0.139. The second-order valence-electron chi connectivity index (χ2n) is 5.53. The Labute approximate surface area is 102 Å². The molecular formula is C12H23NO2S. The van der Waals surface area contributed by atoms with Crippen molar-refractivity contribution in [3.63, 3.8) is 0 Å². The SMILES string of the molecule is CCCCC1(C(C)(C)C)N[C@H](C(=O)O)CS1. The Hall–Kier alpha value is -0.220. The van der Waals surface area contributed by atoms with Crippen molar-refractivity contribution in [3.8, 4) is 0 Å². The van der Waals surface area contributed by atoms with Gasteiger partial charge in [0.05, 0.1) is 4.87 Å². The number of unbranched alkanes of at least 4 members (excludes halogenated alkanes) is 1. The van der Waals surface area contributed by atoms with Crippen molar-refractivity contribution >= 4 is 17.7 Å². The molecule has 0 saturated carbocycles. The average Bonchev–Trinajstić information content (AvgIpc) is 2.59. The number of carboxylic acid groups (broad SMARTS) is 1. The highest BCUT2D eigenvalue weighted by atomic mass is 32.2. The van der Waals surface area contributed by atoms with Gasteiger partial charge in [0.15, 0.2) is 0 Å². The summed E-state index contributed by atoms with van der Waals surface area (Å²) in [5, 5.41) is 12.4. The van der Waals surface area contributed by atoms with Crippen molar-refractivity contribution in [1.29, 1.82) is 0 Å². The molecule has 1 saturated heterocycles. The van der Waals surface area contributed by atoms with Crippen molar-refractivity contribution in [2.45, 2.75) is 57.9 Å². The summed E-state index contributed by atoms with van der Waals surface area (Å²) in [5.74, 6) is -0.0498. The fourth-order valence-electron chi connectivity index (χ4n) is 2.10. The first-order chi connectivity index (χ1) is 7.32. The Bertz CT molecular complexity index is 262. The molecule has 1 aliphatic heterocycles. The summed E-state index contributed by atoms with van der Waals surface area (Å²) in [6.45, 7) is 8.73. The third-order valence-corrected chi connectivity index (χ3v) is 5.22. The molecule has 0 aromatic rings. The van der Waals surface area contributed by atoms with Crippen LogP contribution in [0.5, 0.6) is 0 Å². The number of nitrogens with one attached hydrogen (secondary N) is 1. The molecule has 0 radical (unpaired) electrons. The topological polar surface area (TPSA) is 49.3 Å². The van der Waals surface area contributed by atoms with Gasteiger partial charge in [0, 0.05) is 5.75 Å². The van der Waals surface area contributed by atoms with Crippen LogP contribution in [-0.4, -0.2) is 27.7 Å². The molecule has 2 N–H and O–H groups in total. The normalized spacial score (nSPS) is 30.6. The summed E-state index contributed by atoms with van der Waals surface area (Å²) < 4.78 is 0. The van der Waals surface area contributed by atoms with Crippen molar-refractivity contribution < 1.29 is 9.90 Å². The first-order valence-electron chi connectivity index (χ1n) is 5.97. The lowest BCUT2D eigenvalue weighted by Crippen LogP contribution is -2.52. The fraction of sp³-hybridized carbons (Fsp3) is 0.917. The molecule has 0 bridgehead atoms. The van der Waals surface area contributed by atoms with Crippen LogP contribution >= 0.6 is 11.8 Å². The number of carbonyl (C=O) groups is 1. The first-order valence-corrected chi connectivity index (χ1v) is 6.95. The highest BCUT2D eigenvalue weighted by Gasteiger charge is 2.48. The van der Waals surface area contributed by atoms with Gasteiger partial charge in [-0.25, -0.2) is 0 Å². The molecule has 1 unspecified atom stereocenters.